The van der Waals surface area contributed by atoms with Crippen LogP contribution in [0, 0.1) is 0 Å². The van der Waals surface area contributed by atoms with Crippen LogP contribution in [0.4, 0.5) is 10.5 Å². The van der Waals surface area contributed by atoms with Crippen LogP contribution in [0.3, 0.4) is 0 Å². The van der Waals surface area contributed by atoms with Crippen molar-refractivity contribution < 1.29 is 19.8 Å². The molecule has 0 atom stereocenters. The minimum atomic E-state index is -1.21. The molecule has 3 N–H and O–H groups in total. The van der Waals surface area contributed by atoms with Gasteiger partial charge in [-0.15, -0.1) is 0 Å². The number of carbonyl (C=O) groups is 2. The van der Waals surface area contributed by atoms with Crippen LogP contribution in [0.25, 0.3) is 0 Å². The number of carbonyl (C=O) groups excluding carboxylic acids is 1. The van der Waals surface area contributed by atoms with Gasteiger partial charge < -0.3 is 20.4 Å². The normalized spacial score (nSPS) is 10.4. The zero-order chi connectivity index (χ0) is 15.3. The minimum absolute atomic E-state index is 0.0976. The van der Waals surface area contributed by atoms with E-state index in [0.29, 0.717) is 0 Å². The molecule has 0 aromatic heterocycles. The third-order valence-corrected chi connectivity index (χ3v) is 3.29. The zero-order valence-corrected chi connectivity index (χ0v) is 11.9. The summed E-state index contributed by atoms with van der Waals surface area (Å²) in [5.41, 5.74) is 0.0226. The molecule has 1 aromatic rings. The number of hydrogen-bond acceptors (Lipinski definition) is 3. The summed E-state index contributed by atoms with van der Waals surface area (Å²) in [6, 6.07) is 3.54. The summed E-state index contributed by atoms with van der Waals surface area (Å²) < 4.78 is 0. The Balaban J connectivity index is 2.93. The lowest BCUT2D eigenvalue weighted by Gasteiger charge is -2.26. The number of nitrogens with one attached hydrogen (secondary N) is 1. The van der Waals surface area contributed by atoms with Crippen molar-refractivity contribution >= 4 is 17.7 Å². The number of hydrogen-bond donors (Lipinski definition) is 3. The summed E-state index contributed by atoms with van der Waals surface area (Å²) in [5, 5.41) is 20.9. The van der Waals surface area contributed by atoms with Gasteiger partial charge in [-0.1, -0.05) is 13.8 Å². The van der Waals surface area contributed by atoms with E-state index in [0.717, 1.165) is 18.9 Å². The van der Waals surface area contributed by atoms with Gasteiger partial charge in [0.05, 0.1) is 11.3 Å². The van der Waals surface area contributed by atoms with Gasteiger partial charge in [-0.2, -0.15) is 0 Å². The molecule has 0 aliphatic heterocycles. The third kappa shape index (κ3) is 3.63. The van der Waals surface area contributed by atoms with Crippen molar-refractivity contribution in [2.45, 2.75) is 32.7 Å². The van der Waals surface area contributed by atoms with Crippen molar-refractivity contribution in [3.63, 3.8) is 0 Å². The van der Waals surface area contributed by atoms with E-state index in [9.17, 15) is 14.7 Å². The van der Waals surface area contributed by atoms with Crippen LogP contribution in [0.2, 0.25) is 0 Å². The van der Waals surface area contributed by atoms with Crippen LogP contribution in [0.5, 0.6) is 5.75 Å². The first-order valence-electron chi connectivity index (χ1n) is 6.50. The van der Waals surface area contributed by atoms with Crippen LogP contribution in [0.1, 0.15) is 37.0 Å². The highest BCUT2D eigenvalue weighted by molar-refractivity contribution is 6.00. The Morgan fingerprint density at radius 3 is 2.40 bits per heavy atom. The summed E-state index contributed by atoms with van der Waals surface area (Å²) in [6.07, 6.45) is 1.64. The molecule has 0 heterocycles. The van der Waals surface area contributed by atoms with Crippen LogP contribution in [0.15, 0.2) is 18.2 Å². The van der Waals surface area contributed by atoms with Gasteiger partial charge in [-0.05, 0) is 31.0 Å². The van der Waals surface area contributed by atoms with Gasteiger partial charge in [0, 0.05) is 13.1 Å². The summed E-state index contributed by atoms with van der Waals surface area (Å²) >= 11 is 0. The first-order chi connectivity index (χ1) is 9.40. The smallest absolute Gasteiger partial charge is 0.337 e. The summed E-state index contributed by atoms with van der Waals surface area (Å²) in [7, 11) is 1.67. The van der Waals surface area contributed by atoms with E-state index in [1.165, 1.54) is 12.1 Å². The highest BCUT2D eigenvalue weighted by Gasteiger charge is 2.19. The topological polar surface area (TPSA) is 89.9 Å². The molecule has 1 aromatic carbocycles. The molecule has 0 unspecified atom stereocenters. The van der Waals surface area contributed by atoms with Gasteiger partial charge in [0.25, 0.3) is 0 Å². The molecule has 6 heteroatoms. The molecule has 0 aliphatic carbocycles. The Labute approximate surface area is 118 Å². The van der Waals surface area contributed by atoms with Crippen LogP contribution < -0.4 is 5.32 Å². The number of anilines is 1. The molecule has 6 nitrogen and oxygen atoms in total. The monoisotopic (exact) mass is 280 g/mol. The lowest BCUT2D eigenvalue weighted by atomic mass is 10.1. The molecule has 0 spiro atoms. The number of urea groups is 1. The van der Waals surface area contributed by atoms with Crippen LogP contribution >= 0.6 is 0 Å². The Morgan fingerprint density at radius 1 is 1.30 bits per heavy atom. The molecule has 110 valence electrons. The molecule has 0 fully saturated rings. The number of benzene rings is 1. The SMILES string of the molecule is CCC(CC)N(C)C(=O)Nc1ccc(O)cc1C(=O)O. The number of phenols is 1. The number of rotatable bonds is 5. The van der Waals surface area contributed by atoms with E-state index >= 15 is 0 Å². The maximum Gasteiger partial charge on any atom is 0.337 e. The number of nitrogens with zero attached hydrogens (tertiary/aromatic N) is 1. The van der Waals surface area contributed by atoms with Crippen molar-refractivity contribution in [2.24, 2.45) is 0 Å². The van der Waals surface area contributed by atoms with E-state index in [-0.39, 0.29) is 29.1 Å². The second-order valence-corrected chi connectivity index (χ2v) is 4.55. The first kappa shape index (κ1) is 15.8. The summed E-state index contributed by atoms with van der Waals surface area (Å²) in [6.45, 7) is 3.97. The van der Waals surface area contributed by atoms with Gasteiger partial charge in [0.15, 0.2) is 0 Å². The minimum Gasteiger partial charge on any atom is -0.508 e. The predicted molar refractivity (Wildman–Crippen MR) is 76.2 cm³/mol. The average molecular weight is 280 g/mol. The lowest BCUT2D eigenvalue weighted by molar-refractivity contribution is 0.0697. The Morgan fingerprint density at radius 2 is 1.90 bits per heavy atom. The number of aromatic carboxylic acids is 1. The predicted octanol–water partition coefficient (Wildman–Crippen LogP) is 2.74. The van der Waals surface area contributed by atoms with Crippen molar-refractivity contribution in [3.8, 4) is 5.75 Å². The van der Waals surface area contributed by atoms with Gasteiger partial charge >= 0.3 is 12.0 Å². The molecule has 0 saturated carbocycles. The van der Waals surface area contributed by atoms with Crippen LogP contribution in [-0.4, -0.2) is 40.2 Å². The maximum absolute atomic E-state index is 12.1. The Kier molecular flexibility index (Phi) is 5.37. The van der Waals surface area contributed by atoms with E-state index in [1.807, 2.05) is 13.8 Å². The van der Waals surface area contributed by atoms with Crippen molar-refractivity contribution in [1.29, 1.82) is 0 Å². The van der Waals surface area contributed by atoms with E-state index in [1.54, 1.807) is 11.9 Å². The fourth-order valence-corrected chi connectivity index (χ4v) is 2.02. The number of carboxylic acid groups (broad SMARTS) is 1. The molecular formula is C14H20N2O4. The van der Waals surface area contributed by atoms with Crippen molar-refractivity contribution in [1.82, 2.24) is 4.90 Å². The largest absolute Gasteiger partial charge is 0.508 e. The Hall–Kier alpha value is -2.24. The molecule has 2 amide bonds. The van der Waals surface area contributed by atoms with Gasteiger partial charge in [0.1, 0.15) is 5.75 Å². The second kappa shape index (κ2) is 6.79. The first-order valence-corrected chi connectivity index (χ1v) is 6.50. The van der Waals surface area contributed by atoms with E-state index < -0.39 is 5.97 Å². The zero-order valence-electron chi connectivity index (χ0n) is 11.9. The number of phenolic OH excluding ortho intramolecular Hbond substituents is 1. The van der Waals surface area contributed by atoms with Gasteiger partial charge in [0.2, 0.25) is 0 Å². The second-order valence-electron chi connectivity index (χ2n) is 4.55. The summed E-state index contributed by atoms with van der Waals surface area (Å²) in [5.74, 6) is -1.37. The fraction of sp³-hybridized carbons (Fsp3) is 0.429. The molecule has 1 rings (SSSR count). The molecular weight excluding hydrogens is 260 g/mol. The Bertz CT molecular complexity index is 498. The van der Waals surface area contributed by atoms with E-state index in [4.69, 9.17) is 5.11 Å². The lowest BCUT2D eigenvalue weighted by Crippen LogP contribution is -2.39. The highest BCUT2D eigenvalue weighted by Crippen LogP contribution is 2.22. The molecule has 0 saturated heterocycles. The van der Waals surface area contributed by atoms with Gasteiger partial charge in [-0.25, -0.2) is 9.59 Å². The van der Waals surface area contributed by atoms with Crippen molar-refractivity contribution in [2.75, 3.05) is 12.4 Å². The fourth-order valence-electron chi connectivity index (χ4n) is 2.02. The molecule has 0 aliphatic rings. The summed E-state index contributed by atoms with van der Waals surface area (Å²) in [4.78, 5) is 24.7. The quantitative estimate of drug-likeness (QED) is 0.723. The maximum atomic E-state index is 12.1. The van der Waals surface area contributed by atoms with Gasteiger partial charge in [-0.3, -0.25) is 0 Å². The highest BCUT2D eigenvalue weighted by atomic mass is 16.4. The molecule has 20 heavy (non-hydrogen) atoms. The standard InChI is InChI=1S/C14H20N2O4/c1-4-9(5-2)16(3)14(20)15-12-7-6-10(17)8-11(12)13(18)19/h6-9,17H,4-5H2,1-3H3,(H,15,20)(H,18,19). The van der Waals surface area contributed by atoms with Crippen molar-refractivity contribution in [3.05, 3.63) is 23.8 Å². The van der Waals surface area contributed by atoms with E-state index in [2.05, 4.69) is 5.32 Å². The third-order valence-electron chi connectivity index (χ3n) is 3.29. The molecule has 0 radical (unpaired) electrons. The molecule has 0 bridgehead atoms. The number of carboxylic acids is 1. The number of amides is 2. The average Bonchev–Trinajstić information content (AvgIpc) is 2.41. The number of aromatic hydroxyl groups is 1. The van der Waals surface area contributed by atoms with Crippen LogP contribution in [-0.2, 0) is 0 Å².